The molecule has 0 radical (unpaired) electrons. The zero-order chi connectivity index (χ0) is 20.1. The number of nitrogens with zero attached hydrogens (tertiary/aromatic N) is 3. The van der Waals surface area contributed by atoms with Gasteiger partial charge in [0.25, 0.3) is 0 Å². The molecular weight excluding hydrogens is 334 g/mol. The van der Waals surface area contributed by atoms with Gasteiger partial charge in [0.15, 0.2) is 0 Å². The molecule has 26 heavy (non-hydrogen) atoms. The number of rotatable bonds is 11. The standard InChI is InChI=1S/C19H29N3O4/c1-6-8-12-22(18(24)17(21-20)19(25)26-7-2)16(23)13-15(5)11-9-10-14(3)4/h6,10,15H,1,7-9,11-13H2,2-5H3. The summed E-state index contributed by atoms with van der Waals surface area (Å²) in [6, 6.07) is 0. The Morgan fingerprint density at radius 2 is 1.92 bits per heavy atom. The van der Waals surface area contributed by atoms with Crippen LogP contribution in [0.5, 0.6) is 0 Å². The Labute approximate surface area is 155 Å². The van der Waals surface area contributed by atoms with Crippen molar-refractivity contribution in [1.82, 2.24) is 4.90 Å². The fourth-order valence-corrected chi connectivity index (χ4v) is 2.22. The number of ether oxygens (including phenoxy) is 1. The van der Waals surface area contributed by atoms with E-state index in [1.54, 1.807) is 13.0 Å². The first-order valence-electron chi connectivity index (χ1n) is 8.76. The summed E-state index contributed by atoms with van der Waals surface area (Å²) in [5.74, 6) is -2.39. The second kappa shape index (κ2) is 12.8. The van der Waals surface area contributed by atoms with Crippen LogP contribution in [0, 0.1) is 5.92 Å². The van der Waals surface area contributed by atoms with E-state index in [0.29, 0.717) is 6.42 Å². The van der Waals surface area contributed by atoms with Crippen LogP contribution in [0.25, 0.3) is 5.53 Å². The van der Waals surface area contributed by atoms with Gasteiger partial charge < -0.3 is 10.3 Å². The van der Waals surface area contributed by atoms with Gasteiger partial charge in [0.1, 0.15) is 0 Å². The van der Waals surface area contributed by atoms with Crippen molar-refractivity contribution in [2.24, 2.45) is 5.92 Å². The van der Waals surface area contributed by atoms with Gasteiger partial charge in [0.2, 0.25) is 5.91 Å². The van der Waals surface area contributed by atoms with Gasteiger partial charge in [0, 0.05) is 13.0 Å². The van der Waals surface area contributed by atoms with E-state index in [1.165, 1.54) is 5.57 Å². The Bertz CT molecular complexity index is 600. The molecule has 1 atom stereocenters. The van der Waals surface area contributed by atoms with Crippen molar-refractivity contribution >= 4 is 23.5 Å². The van der Waals surface area contributed by atoms with Crippen LogP contribution in [0.2, 0.25) is 0 Å². The van der Waals surface area contributed by atoms with Crippen molar-refractivity contribution in [2.45, 2.75) is 53.4 Å². The van der Waals surface area contributed by atoms with Crippen LogP contribution in [-0.4, -0.2) is 46.3 Å². The summed E-state index contributed by atoms with van der Waals surface area (Å²) in [7, 11) is 0. The van der Waals surface area contributed by atoms with Crippen molar-refractivity contribution in [3.8, 4) is 0 Å². The molecule has 1 unspecified atom stereocenters. The summed E-state index contributed by atoms with van der Waals surface area (Å²) in [6.07, 6.45) is 5.83. The molecule has 0 saturated carbocycles. The van der Waals surface area contributed by atoms with E-state index in [1.807, 2.05) is 20.8 Å². The summed E-state index contributed by atoms with van der Waals surface area (Å²) < 4.78 is 4.69. The third-order valence-corrected chi connectivity index (χ3v) is 3.61. The van der Waals surface area contributed by atoms with Crippen molar-refractivity contribution in [1.29, 1.82) is 0 Å². The van der Waals surface area contributed by atoms with Gasteiger partial charge in [-0.05, 0) is 46.0 Å². The van der Waals surface area contributed by atoms with Crippen molar-refractivity contribution in [3.05, 3.63) is 29.8 Å². The first kappa shape index (κ1) is 23.5. The third kappa shape index (κ3) is 8.53. The zero-order valence-electron chi connectivity index (χ0n) is 16.2. The fraction of sp³-hybridized carbons (Fsp3) is 0.579. The van der Waals surface area contributed by atoms with Crippen LogP contribution in [0.4, 0.5) is 0 Å². The number of esters is 1. The number of imide groups is 1. The molecule has 0 aliphatic rings. The van der Waals surface area contributed by atoms with E-state index < -0.39 is 23.5 Å². The predicted molar refractivity (Wildman–Crippen MR) is 99.2 cm³/mol. The molecule has 0 heterocycles. The van der Waals surface area contributed by atoms with Gasteiger partial charge in [-0.2, -0.15) is 4.79 Å². The molecule has 0 aromatic carbocycles. The normalized spacial score (nSPS) is 10.9. The molecule has 7 heteroatoms. The van der Waals surface area contributed by atoms with Crippen LogP contribution in [0.1, 0.15) is 53.4 Å². The molecule has 0 aliphatic heterocycles. The van der Waals surface area contributed by atoms with E-state index in [9.17, 15) is 14.4 Å². The van der Waals surface area contributed by atoms with E-state index >= 15 is 0 Å². The number of hydrogen-bond donors (Lipinski definition) is 0. The third-order valence-electron chi connectivity index (χ3n) is 3.61. The first-order valence-corrected chi connectivity index (χ1v) is 8.76. The van der Waals surface area contributed by atoms with Crippen LogP contribution in [-0.2, 0) is 19.1 Å². The molecule has 0 bridgehead atoms. The average molecular weight is 363 g/mol. The molecule has 7 nitrogen and oxygen atoms in total. The highest BCUT2D eigenvalue weighted by Gasteiger charge is 2.38. The maximum atomic E-state index is 12.6. The SMILES string of the molecule is C=CCCN(C(=O)CC(C)CCC=C(C)C)C(=O)C(=[N+]=[N-])C(=O)OCC. The lowest BCUT2D eigenvalue weighted by atomic mass is 10.00. The topological polar surface area (TPSA) is 100 Å². The molecule has 0 N–H and O–H groups in total. The summed E-state index contributed by atoms with van der Waals surface area (Å²) in [4.78, 5) is 40.5. The maximum absolute atomic E-state index is 12.6. The van der Waals surface area contributed by atoms with Gasteiger partial charge >= 0.3 is 17.6 Å². The summed E-state index contributed by atoms with van der Waals surface area (Å²) >= 11 is 0. The summed E-state index contributed by atoms with van der Waals surface area (Å²) in [5, 5.41) is 0. The molecule has 0 aliphatic carbocycles. The molecule has 0 spiro atoms. The van der Waals surface area contributed by atoms with Crippen LogP contribution >= 0.6 is 0 Å². The number of carbonyl (C=O) groups is 3. The predicted octanol–water partition coefficient (Wildman–Crippen LogP) is 2.92. The Morgan fingerprint density at radius 3 is 2.42 bits per heavy atom. The Morgan fingerprint density at radius 1 is 1.27 bits per heavy atom. The van der Waals surface area contributed by atoms with E-state index in [-0.39, 0.29) is 25.5 Å². The minimum absolute atomic E-state index is 0.0210. The first-order chi connectivity index (χ1) is 12.3. The molecule has 0 aromatic heterocycles. The van der Waals surface area contributed by atoms with Crippen LogP contribution in [0.3, 0.4) is 0 Å². The highest BCUT2D eigenvalue weighted by Crippen LogP contribution is 2.14. The molecule has 0 rings (SSSR count). The minimum atomic E-state index is -1.06. The zero-order valence-corrected chi connectivity index (χ0v) is 16.2. The lowest BCUT2D eigenvalue weighted by molar-refractivity contribution is -0.148. The second-order valence-corrected chi connectivity index (χ2v) is 6.27. The Hall–Kier alpha value is -2.53. The lowest BCUT2D eigenvalue weighted by Gasteiger charge is -2.20. The van der Waals surface area contributed by atoms with E-state index in [4.69, 9.17) is 10.3 Å². The molecule has 2 amide bonds. The van der Waals surface area contributed by atoms with Crippen molar-refractivity contribution in [2.75, 3.05) is 13.2 Å². The molecule has 0 aromatic rings. The molecule has 0 fully saturated rings. The smallest absolute Gasteiger partial charge is 0.457 e. The van der Waals surface area contributed by atoms with Gasteiger partial charge in [-0.15, -0.1) is 6.58 Å². The van der Waals surface area contributed by atoms with Gasteiger partial charge in [0.05, 0.1) is 6.61 Å². The molecule has 0 saturated heterocycles. The van der Waals surface area contributed by atoms with Gasteiger partial charge in [-0.1, -0.05) is 24.6 Å². The van der Waals surface area contributed by atoms with E-state index in [0.717, 1.165) is 17.7 Å². The summed E-state index contributed by atoms with van der Waals surface area (Å²) in [6.45, 7) is 11.2. The number of amides is 2. The lowest BCUT2D eigenvalue weighted by Crippen LogP contribution is -2.45. The number of hydrogen-bond acceptors (Lipinski definition) is 4. The monoisotopic (exact) mass is 363 g/mol. The highest BCUT2D eigenvalue weighted by atomic mass is 16.5. The highest BCUT2D eigenvalue weighted by molar-refractivity contribution is 6.62. The molecule has 144 valence electrons. The minimum Gasteiger partial charge on any atom is -0.457 e. The van der Waals surface area contributed by atoms with Crippen molar-refractivity contribution in [3.63, 3.8) is 0 Å². The van der Waals surface area contributed by atoms with Crippen molar-refractivity contribution < 1.29 is 23.9 Å². The van der Waals surface area contributed by atoms with Gasteiger partial charge in [-0.25, -0.2) is 4.79 Å². The quantitative estimate of drug-likeness (QED) is 0.141. The summed E-state index contributed by atoms with van der Waals surface area (Å²) in [5.41, 5.74) is 9.41. The fourth-order valence-electron chi connectivity index (χ4n) is 2.22. The maximum Gasteiger partial charge on any atom is 0.463 e. The Balaban J connectivity index is 5.16. The largest absolute Gasteiger partial charge is 0.463 e. The Kier molecular flexibility index (Phi) is 11.5. The second-order valence-electron chi connectivity index (χ2n) is 6.27. The average Bonchev–Trinajstić information content (AvgIpc) is 2.55. The molecular formula is C19H29N3O4. The number of carbonyl (C=O) groups excluding carboxylic acids is 3. The van der Waals surface area contributed by atoms with E-state index in [2.05, 4.69) is 17.4 Å². The number of allylic oxidation sites excluding steroid dienone is 2. The van der Waals surface area contributed by atoms with Crippen LogP contribution in [0.15, 0.2) is 24.3 Å². The van der Waals surface area contributed by atoms with Crippen LogP contribution < -0.4 is 0 Å². The van der Waals surface area contributed by atoms with Gasteiger partial charge in [-0.3, -0.25) is 14.5 Å².